The number of benzene rings is 1. The molecule has 0 aliphatic heterocycles. The molecule has 1 amide bonds. The van der Waals surface area contributed by atoms with Crippen molar-refractivity contribution in [3.63, 3.8) is 0 Å². The molecule has 2 rings (SSSR count). The molecule has 0 saturated carbocycles. The molecule has 0 radical (unpaired) electrons. The third kappa shape index (κ3) is 4.89. The first-order valence-electron chi connectivity index (χ1n) is 7.61. The predicted octanol–water partition coefficient (Wildman–Crippen LogP) is 3.32. The maximum absolute atomic E-state index is 11.8. The Balaban J connectivity index is 1.81. The van der Waals surface area contributed by atoms with Crippen molar-refractivity contribution in [1.29, 1.82) is 0 Å². The van der Waals surface area contributed by atoms with Crippen molar-refractivity contribution in [1.82, 2.24) is 20.1 Å². The fourth-order valence-electron chi connectivity index (χ4n) is 2.08. The van der Waals surface area contributed by atoms with Gasteiger partial charge in [-0.2, -0.15) is 5.10 Å². The first-order valence-corrected chi connectivity index (χ1v) is 8.01. The molecule has 0 atom stereocenters. The zero-order valence-electron chi connectivity index (χ0n) is 13.7. The standard InChI is InChI=1S/C17H22N4OS/c1-12(2)14-9-7-13(8-10-14)5-4-6-16(22)18-11-15-19-20-17(23)21(15)3/h4-5,7-10,12H,6,11H2,1-3H3,(H,18,22)(H,20,23). The lowest BCUT2D eigenvalue weighted by Gasteiger charge is -2.05. The number of hydrogen-bond acceptors (Lipinski definition) is 3. The van der Waals surface area contributed by atoms with Crippen LogP contribution in [0.5, 0.6) is 0 Å². The molecule has 1 heterocycles. The molecular formula is C17H22N4OS. The van der Waals surface area contributed by atoms with Gasteiger partial charge >= 0.3 is 0 Å². The molecule has 5 nitrogen and oxygen atoms in total. The first kappa shape index (κ1) is 17.1. The van der Waals surface area contributed by atoms with Crippen LogP contribution in [0.4, 0.5) is 0 Å². The quantitative estimate of drug-likeness (QED) is 0.799. The minimum absolute atomic E-state index is 0.0473. The molecule has 2 aromatic rings. The lowest BCUT2D eigenvalue weighted by molar-refractivity contribution is -0.120. The molecule has 2 N–H and O–H groups in total. The van der Waals surface area contributed by atoms with Gasteiger partial charge in [0.2, 0.25) is 5.91 Å². The number of aromatic amines is 1. The summed E-state index contributed by atoms with van der Waals surface area (Å²) in [4.78, 5) is 11.8. The molecule has 1 aromatic heterocycles. The fraction of sp³-hybridized carbons (Fsp3) is 0.353. The summed E-state index contributed by atoms with van der Waals surface area (Å²) >= 11 is 5.02. The number of amides is 1. The second-order valence-electron chi connectivity index (χ2n) is 5.71. The van der Waals surface area contributed by atoms with Crippen molar-refractivity contribution in [2.24, 2.45) is 7.05 Å². The summed E-state index contributed by atoms with van der Waals surface area (Å²) in [5.41, 5.74) is 2.41. The molecule has 0 bridgehead atoms. The third-order valence-electron chi connectivity index (χ3n) is 3.63. The van der Waals surface area contributed by atoms with E-state index >= 15 is 0 Å². The van der Waals surface area contributed by atoms with Gasteiger partial charge in [-0.05, 0) is 29.3 Å². The van der Waals surface area contributed by atoms with Crippen molar-refractivity contribution in [2.45, 2.75) is 32.7 Å². The molecular weight excluding hydrogens is 308 g/mol. The van der Waals surface area contributed by atoms with E-state index in [4.69, 9.17) is 12.2 Å². The summed E-state index contributed by atoms with van der Waals surface area (Å²) in [6, 6.07) is 8.37. The monoisotopic (exact) mass is 330 g/mol. The summed E-state index contributed by atoms with van der Waals surface area (Å²) < 4.78 is 2.28. The lowest BCUT2D eigenvalue weighted by atomic mass is 10.0. The van der Waals surface area contributed by atoms with Crippen molar-refractivity contribution >= 4 is 24.2 Å². The van der Waals surface area contributed by atoms with Gasteiger partial charge < -0.3 is 9.88 Å². The predicted molar refractivity (Wildman–Crippen MR) is 94.4 cm³/mol. The van der Waals surface area contributed by atoms with Crippen LogP contribution in [0.15, 0.2) is 30.3 Å². The minimum Gasteiger partial charge on any atom is -0.349 e. The van der Waals surface area contributed by atoms with E-state index in [0.717, 1.165) is 5.56 Å². The van der Waals surface area contributed by atoms with Crippen LogP contribution in [-0.2, 0) is 18.4 Å². The van der Waals surface area contributed by atoms with Crippen LogP contribution in [0.25, 0.3) is 6.08 Å². The Morgan fingerprint density at radius 3 is 2.65 bits per heavy atom. The molecule has 1 aromatic carbocycles. The Bertz CT molecular complexity index is 741. The van der Waals surface area contributed by atoms with Gasteiger partial charge in [0.05, 0.1) is 6.54 Å². The van der Waals surface area contributed by atoms with Crippen LogP contribution in [0.2, 0.25) is 0 Å². The van der Waals surface area contributed by atoms with Crippen LogP contribution in [0.1, 0.15) is 43.1 Å². The van der Waals surface area contributed by atoms with Crippen molar-refractivity contribution < 1.29 is 4.79 Å². The molecule has 122 valence electrons. The molecule has 0 unspecified atom stereocenters. The number of aromatic nitrogens is 3. The maximum atomic E-state index is 11.8. The molecule has 6 heteroatoms. The van der Waals surface area contributed by atoms with Crippen LogP contribution < -0.4 is 5.32 Å². The van der Waals surface area contributed by atoms with Crippen LogP contribution in [0.3, 0.4) is 0 Å². The fourth-order valence-corrected chi connectivity index (χ4v) is 2.23. The second-order valence-corrected chi connectivity index (χ2v) is 6.10. The third-order valence-corrected chi connectivity index (χ3v) is 4.00. The molecule has 23 heavy (non-hydrogen) atoms. The van der Waals surface area contributed by atoms with Crippen LogP contribution >= 0.6 is 12.2 Å². The Hall–Kier alpha value is -2.21. The highest BCUT2D eigenvalue weighted by Gasteiger charge is 2.04. The average Bonchev–Trinajstić information content (AvgIpc) is 2.85. The average molecular weight is 330 g/mol. The Morgan fingerprint density at radius 1 is 1.39 bits per heavy atom. The van der Waals surface area contributed by atoms with Gasteiger partial charge in [0.1, 0.15) is 0 Å². The highest BCUT2D eigenvalue weighted by molar-refractivity contribution is 7.71. The Labute approximate surface area is 141 Å². The second kappa shape index (κ2) is 7.87. The summed E-state index contributed by atoms with van der Waals surface area (Å²) in [7, 11) is 1.81. The van der Waals surface area contributed by atoms with E-state index in [1.54, 1.807) is 4.57 Å². The number of hydrogen-bond donors (Lipinski definition) is 2. The number of nitrogens with one attached hydrogen (secondary N) is 2. The summed E-state index contributed by atoms with van der Waals surface area (Å²) in [6.07, 6.45) is 4.16. The number of H-pyrrole nitrogens is 1. The van der Waals surface area contributed by atoms with E-state index in [2.05, 4.69) is 53.6 Å². The SMILES string of the molecule is CC(C)c1ccc(C=CCC(=O)NCc2n[nH]c(=S)n2C)cc1. The summed E-state index contributed by atoms with van der Waals surface area (Å²) in [5.74, 6) is 1.18. The number of carbonyl (C=O) groups is 1. The Kier molecular flexibility index (Phi) is 5.87. The van der Waals surface area contributed by atoms with Crippen LogP contribution in [0, 0.1) is 4.77 Å². The van der Waals surface area contributed by atoms with Crippen molar-refractivity contribution in [3.8, 4) is 0 Å². The molecule has 0 saturated heterocycles. The lowest BCUT2D eigenvalue weighted by Crippen LogP contribution is -2.23. The van der Waals surface area contributed by atoms with Gasteiger partial charge in [-0.15, -0.1) is 0 Å². The van der Waals surface area contributed by atoms with E-state index in [0.29, 0.717) is 29.5 Å². The van der Waals surface area contributed by atoms with Gasteiger partial charge in [0, 0.05) is 13.5 Å². The topological polar surface area (TPSA) is 62.7 Å². The van der Waals surface area contributed by atoms with Crippen molar-refractivity contribution in [3.05, 3.63) is 52.1 Å². The molecule has 0 aliphatic rings. The van der Waals surface area contributed by atoms with Crippen LogP contribution in [-0.4, -0.2) is 20.7 Å². The zero-order valence-corrected chi connectivity index (χ0v) is 14.5. The van der Waals surface area contributed by atoms with E-state index in [-0.39, 0.29) is 5.91 Å². The largest absolute Gasteiger partial charge is 0.349 e. The van der Waals surface area contributed by atoms with Gasteiger partial charge in [0.25, 0.3) is 0 Å². The van der Waals surface area contributed by atoms with Gasteiger partial charge in [-0.3, -0.25) is 9.89 Å². The van der Waals surface area contributed by atoms with E-state index in [1.807, 2.05) is 19.2 Å². The summed E-state index contributed by atoms with van der Waals surface area (Å²) in [6.45, 7) is 4.70. The van der Waals surface area contributed by atoms with Crippen molar-refractivity contribution in [2.75, 3.05) is 0 Å². The first-order chi connectivity index (χ1) is 11.0. The minimum atomic E-state index is -0.0473. The highest BCUT2D eigenvalue weighted by atomic mass is 32.1. The van der Waals surface area contributed by atoms with Gasteiger partial charge in [-0.25, -0.2) is 0 Å². The molecule has 0 spiro atoms. The number of rotatable bonds is 6. The van der Waals surface area contributed by atoms with E-state index in [1.165, 1.54) is 5.56 Å². The Morgan fingerprint density at radius 2 is 2.09 bits per heavy atom. The highest BCUT2D eigenvalue weighted by Crippen LogP contribution is 2.15. The smallest absolute Gasteiger partial charge is 0.224 e. The molecule has 0 fully saturated rings. The van der Waals surface area contributed by atoms with E-state index < -0.39 is 0 Å². The molecule has 0 aliphatic carbocycles. The normalized spacial score (nSPS) is 11.3. The van der Waals surface area contributed by atoms with Gasteiger partial charge in [0.15, 0.2) is 10.6 Å². The number of carbonyl (C=O) groups excluding carboxylic acids is 1. The van der Waals surface area contributed by atoms with E-state index in [9.17, 15) is 4.79 Å². The summed E-state index contributed by atoms with van der Waals surface area (Å²) in [5, 5.41) is 9.56. The zero-order chi connectivity index (χ0) is 16.8. The maximum Gasteiger partial charge on any atom is 0.224 e. The van der Waals surface area contributed by atoms with Gasteiger partial charge in [-0.1, -0.05) is 50.3 Å². The number of nitrogens with zero attached hydrogens (tertiary/aromatic N) is 2.